The van der Waals surface area contributed by atoms with Crippen LogP contribution < -0.4 is 5.32 Å². The van der Waals surface area contributed by atoms with Crippen LogP contribution in [0.4, 0.5) is 5.82 Å². The molecule has 4 aromatic rings. The number of anilines is 1. The molecule has 0 spiro atoms. The van der Waals surface area contributed by atoms with E-state index in [0.29, 0.717) is 5.82 Å². The molecule has 136 valence electrons. The number of pyridine rings is 1. The predicted octanol–water partition coefficient (Wildman–Crippen LogP) is 3.09. The summed E-state index contributed by atoms with van der Waals surface area (Å²) in [6, 6.07) is 11.7. The third-order valence-electron chi connectivity index (χ3n) is 4.66. The number of aryl methyl sites for hydroxylation is 2. The number of benzene rings is 1. The van der Waals surface area contributed by atoms with Gasteiger partial charge in [0.15, 0.2) is 5.82 Å². The number of hydrogen-bond acceptors (Lipinski definition) is 4. The quantitative estimate of drug-likeness (QED) is 0.607. The fourth-order valence-corrected chi connectivity index (χ4v) is 3.40. The highest BCUT2D eigenvalue weighted by Crippen LogP contribution is 2.26. The summed E-state index contributed by atoms with van der Waals surface area (Å²) in [5.74, 6) is 0.403. The van der Waals surface area contributed by atoms with E-state index in [4.69, 9.17) is 0 Å². The first-order valence-corrected chi connectivity index (χ1v) is 8.70. The van der Waals surface area contributed by atoms with Gasteiger partial charge in [-0.05, 0) is 43.7 Å². The molecule has 0 aliphatic rings. The zero-order valence-electron chi connectivity index (χ0n) is 15.5. The summed E-state index contributed by atoms with van der Waals surface area (Å²) < 4.78 is 3.49. The topological polar surface area (TPSA) is 77.6 Å². The lowest BCUT2D eigenvalue weighted by Gasteiger charge is -2.06. The van der Waals surface area contributed by atoms with Crippen LogP contribution >= 0.6 is 0 Å². The Morgan fingerprint density at radius 2 is 1.81 bits per heavy atom. The van der Waals surface area contributed by atoms with Gasteiger partial charge in [-0.25, -0.2) is 0 Å². The third-order valence-corrected chi connectivity index (χ3v) is 4.66. The number of nitrogens with zero attached hydrogens (tertiary/aromatic N) is 5. The zero-order chi connectivity index (χ0) is 19.0. The molecule has 0 fully saturated rings. The van der Waals surface area contributed by atoms with Crippen LogP contribution in [0.3, 0.4) is 0 Å². The second-order valence-corrected chi connectivity index (χ2v) is 6.48. The number of nitrogens with one attached hydrogen (secondary N) is 1. The Labute approximate surface area is 156 Å². The van der Waals surface area contributed by atoms with E-state index in [1.807, 2.05) is 57.3 Å². The first-order chi connectivity index (χ1) is 13.0. The van der Waals surface area contributed by atoms with E-state index < -0.39 is 0 Å². The average molecular weight is 360 g/mol. The number of carbonyl (C=O) groups is 1. The van der Waals surface area contributed by atoms with E-state index in [-0.39, 0.29) is 12.5 Å². The van der Waals surface area contributed by atoms with Crippen LogP contribution in [0.1, 0.15) is 11.4 Å². The molecule has 1 N–H and O–H groups in total. The molecule has 1 amide bonds. The molecular weight excluding hydrogens is 340 g/mol. The van der Waals surface area contributed by atoms with Crippen LogP contribution in [-0.4, -0.2) is 30.5 Å². The third kappa shape index (κ3) is 3.08. The summed E-state index contributed by atoms with van der Waals surface area (Å²) in [4.78, 5) is 16.7. The summed E-state index contributed by atoms with van der Waals surface area (Å²) in [6.45, 7) is 4.05. The summed E-state index contributed by atoms with van der Waals surface area (Å²) in [6.07, 6.45) is 3.51. The Morgan fingerprint density at radius 3 is 2.59 bits per heavy atom. The fraction of sp³-hybridized carbons (Fsp3) is 0.200. The van der Waals surface area contributed by atoms with Crippen molar-refractivity contribution in [3.8, 4) is 11.1 Å². The highest BCUT2D eigenvalue weighted by molar-refractivity contribution is 5.99. The molecule has 7 nitrogen and oxygen atoms in total. The number of amides is 1. The summed E-state index contributed by atoms with van der Waals surface area (Å²) in [5, 5.41) is 12.8. The monoisotopic (exact) mass is 360 g/mol. The van der Waals surface area contributed by atoms with Crippen LogP contribution in [0.15, 0.2) is 48.8 Å². The van der Waals surface area contributed by atoms with Crippen molar-refractivity contribution in [3.63, 3.8) is 0 Å². The van der Waals surface area contributed by atoms with Crippen molar-refractivity contribution in [2.45, 2.75) is 20.4 Å². The molecule has 0 saturated carbocycles. The molecule has 0 aliphatic carbocycles. The molecule has 0 radical (unpaired) electrons. The average Bonchev–Trinajstić information content (AvgIpc) is 3.12. The molecule has 27 heavy (non-hydrogen) atoms. The lowest BCUT2D eigenvalue weighted by molar-refractivity contribution is -0.117. The minimum Gasteiger partial charge on any atom is -0.307 e. The lowest BCUT2D eigenvalue weighted by atomic mass is 10.1. The van der Waals surface area contributed by atoms with Gasteiger partial charge in [-0.1, -0.05) is 12.1 Å². The van der Waals surface area contributed by atoms with Crippen molar-refractivity contribution in [2.24, 2.45) is 7.05 Å². The number of aromatic nitrogens is 5. The zero-order valence-corrected chi connectivity index (χ0v) is 15.5. The number of rotatable bonds is 4. The fourth-order valence-electron chi connectivity index (χ4n) is 3.40. The first-order valence-electron chi connectivity index (χ1n) is 8.70. The van der Waals surface area contributed by atoms with E-state index in [0.717, 1.165) is 33.4 Å². The minimum absolute atomic E-state index is 0.128. The molecule has 3 aromatic heterocycles. The maximum atomic E-state index is 12.6. The van der Waals surface area contributed by atoms with E-state index in [9.17, 15) is 4.79 Å². The molecule has 0 aliphatic heterocycles. The standard InChI is InChI=1S/C20H20N6O/c1-13-19(15-8-10-21-11-9-15)14(2)26(23-13)12-18(27)22-20-16-6-4-5-7-17(16)25(3)24-20/h4-11H,12H2,1-3H3,(H,22,24,27). The number of fused-ring (bicyclic) bond motifs is 1. The van der Waals surface area contributed by atoms with Gasteiger partial charge >= 0.3 is 0 Å². The molecule has 0 unspecified atom stereocenters. The Bertz CT molecular complexity index is 1130. The molecule has 0 saturated heterocycles. The molecule has 0 bridgehead atoms. The van der Waals surface area contributed by atoms with E-state index in [1.54, 1.807) is 21.8 Å². The predicted molar refractivity (Wildman–Crippen MR) is 104 cm³/mol. The summed E-state index contributed by atoms with van der Waals surface area (Å²) in [7, 11) is 1.86. The van der Waals surface area contributed by atoms with Crippen LogP contribution in [0.25, 0.3) is 22.0 Å². The van der Waals surface area contributed by atoms with Crippen molar-refractivity contribution in [2.75, 3.05) is 5.32 Å². The van der Waals surface area contributed by atoms with Crippen molar-refractivity contribution < 1.29 is 4.79 Å². The van der Waals surface area contributed by atoms with Gasteiger partial charge in [0.1, 0.15) is 6.54 Å². The Morgan fingerprint density at radius 1 is 1.07 bits per heavy atom. The highest BCUT2D eigenvalue weighted by Gasteiger charge is 2.17. The Balaban J connectivity index is 1.58. The SMILES string of the molecule is Cc1nn(CC(=O)Nc2nn(C)c3ccccc23)c(C)c1-c1ccncc1. The van der Waals surface area contributed by atoms with Crippen molar-refractivity contribution in [1.82, 2.24) is 24.5 Å². The molecule has 4 rings (SSSR count). The summed E-state index contributed by atoms with van der Waals surface area (Å²) in [5.41, 5.74) is 4.88. The van der Waals surface area contributed by atoms with Crippen LogP contribution in [-0.2, 0) is 18.4 Å². The van der Waals surface area contributed by atoms with Gasteiger partial charge in [0.05, 0.1) is 11.2 Å². The van der Waals surface area contributed by atoms with Gasteiger partial charge in [0.25, 0.3) is 0 Å². The van der Waals surface area contributed by atoms with E-state index in [1.165, 1.54) is 0 Å². The smallest absolute Gasteiger partial charge is 0.247 e. The molecule has 3 heterocycles. The lowest BCUT2D eigenvalue weighted by Crippen LogP contribution is -2.20. The largest absolute Gasteiger partial charge is 0.307 e. The van der Waals surface area contributed by atoms with Crippen molar-refractivity contribution in [3.05, 3.63) is 60.2 Å². The molecule has 7 heteroatoms. The van der Waals surface area contributed by atoms with Gasteiger partial charge in [-0.3, -0.25) is 19.1 Å². The second kappa shape index (κ2) is 6.68. The van der Waals surface area contributed by atoms with E-state index in [2.05, 4.69) is 20.5 Å². The van der Waals surface area contributed by atoms with Gasteiger partial charge in [-0.15, -0.1) is 0 Å². The highest BCUT2D eigenvalue weighted by atomic mass is 16.2. The van der Waals surface area contributed by atoms with Crippen molar-refractivity contribution >= 4 is 22.6 Å². The van der Waals surface area contributed by atoms with Gasteiger partial charge < -0.3 is 5.32 Å². The normalized spacial score (nSPS) is 11.1. The molecule has 0 atom stereocenters. The van der Waals surface area contributed by atoms with Crippen LogP contribution in [0, 0.1) is 13.8 Å². The number of hydrogen-bond donors (Lipinski definition) is 1. The Hall–Kier alpha value is -3.48. The minimum atomic E-state index is -0.161. The van der Waals surface area contributed by atoms with Crippen LogP contribution in [0.5, 0.6) is 0 Å². The summed E-state index contributed by atoms with van der Waals surface area (Å²) >= 11 is 0. The van der Waals surface area contributed by atoms with E-state index >= 15 is 0 Å². The van der Waals surface area contributed by atoms with Crippen LogP contribution in [0.2, 0.25) is 0 Å². The van der Waals surface area contributed by atoms with Gasteiger partial charge in [0, 0.05) is 36.1 Å². The molecule has 1 aromatic carbocycles. The van der Waals surface area contributed by atoms with Gasteiger partial charge in [0.2, 0.25) is 5.91 Å². The first kappa shape index (κ1) is 17.0. The maximum absolute atomic E-state index is 12.6. The molecular formula is C20H20N6O. The van der Waals surface area contributed by atoms with Gasteiger partial charge in [-0.2, -0.15) is 10.2 Å². The number of para-hydroxylation sites is 1. The van der Waals surface area contributed by atoms with Crippen molar-refractivity contribution in [1.29, 1.82) is 0 Å². The second-order valence-electron chi connectivity index (χ2n) is 6.48. The Kier molecular flexibility index (Phi) is 4.19. The number of carbonyl (C=O) groups excluding carboxylic acids is 1. The maximum Gasteiger partial charge on any atom is 0.247 e.